The largest absolute Gasteiger partial charge is 0.103 e. The van der Waals surface area contributed by atoms with Gasteiger partial charge in [0.05, 0.1) is 0 Å². The average Bonchev–Trinajstić information content (AvgIpc) is 2.13. The molecule has 80 valence electrons. The van der Waals surface area contributed by atoms with Gasteiger partial charge < -0.3 is 0 Å². The van der Waals surface area contributed by atoms with Gasteiger partial charge in [0, 0.05) is 0 Å². The first-order valence-electron chi connectivity index (χ1n) is 5.51. The molecule has 0 atom stereocenters. The highest BCUT2D eigenvalue weighted by molar-refractivity contribution is 4.88. The van der Waals surface area contributed by atoms with Crippen LogP contribution in [0.25, 0.3) is 0 Å². The van der Waals surface area contributed by atoms with Crippen LogP contribution in [0.5, 0.6) is 0 Å². The number of rotatable bonds is 9. The number of unbranched alkanes of at least 4 members (excludes halogenated alkanes) is 2. The minimum absolute atomic E-state index is 0.380. The molecule has 0 bridgehead atoms. The zero-order valence-corrected chi connectivity index (χ0v) is 9.60. The molecule has 0 saturated heterocycles. The first-order valence-corrected chi connectivity index (χ1v) is 5.51. The van der Waals surface area contributed by atoms with Crippen molar-refractivity contribution < 1.29 is 0 Å². The Hall–Kier alpha value is -0.780. The molecule has 0 nitrogen and oxygen atoms in total. The molecule has 0 N–H and O–H groups in total. The second-order valence-electron chi connectivity index (χ2n) is 4.33. The van der Waals surface area contributed by atoms with Crippen LogP contribution in [0.2, 0.25) is 0 Å². The van der Waals surface area contributed by atoms with Crippen molar-refractivity contribution in [1.82, 2.24) is 0 Å². The summed E-state index contributed by atoms with van der Waals surface area (Å²) in [6, 6.07) is 0. The molecule has 0 aromatic heterocycles. The van der Waals surface area contributed by atoms with Crippen LogP contribution in [0.15, 0.2) is 38.0 Å². The van der Waals surface area contributed by atoms with E-state index in [1.807, 2.05) is 18.2 Å². The Labute approximate surface area is 89.4 Å². The summed E-state index contributed by atoms with van der Waals surface area (Å²) in [6.45, 7) is 13.7. The predicted octanol–water partition coefficient (Wildman–Crippen LogP) is 4.89. The van der Waals surface area contributed by atoms with Gasteiger partial charge in [0.15, 0.2) is 0 Å². The van der Waals surface area contributed by atoms with Gasteiger partial charge >= 0.3 is 0 Å². The molecule has 0 aliphatic carbocycles. The number of allylic oxidation sites excluding steroid dienone is 3. The lowest BCUT2D eigenvalue weighted by Crippen LogP contribution is -2.14. The molecule has 0 heterocycles. The van der Waals surface area contributed by atoms with Crippen LogP contribution in [0.3, 0.4) is 0 Å². The Kier molecular flexibility index (Phi) is 7.18. The molecule has 0 saturated carbocycles. The Bertz CT molecular complexity index is 166. The summed E-state index contributed by atoms with van der Waals surface area (Å²) in [7, 11) is 0. The van der Waals surface area contributed by atoms with E-state index in [-0.39, 0.29) is 0 Å². The summed E-state index contributed by atoms with van der Waals surface area (Å²) in [5.74, 6) is 0. The van der Waals surface area contributed by atoms with E-state index in [4.69, 9.17) is 0 Å². The number of hydrogen-bond acceptors (Lipinski definition) is 0. The Morgan fingerprint density at radius 3 is 1.93 bits per heavy atom. The van der Waals surface area contributed by atoms with Gasteiger partial charge in [-0.05, 0) is 37.5 Å². The predicted molar refractivity (Wildman–Crippen MR) is 66.4 cm³/mol. The fourth-order valence-corrected chi connectivity index (χ4v) is 1.82. The highest BCUT2D eigenvalue weighted by atomic mass is 14.2. The van der Waals surface area contributed by atoms with Gasteiger partial charge in [-0.3, -0.25) is 0 Å². The third-order valence-corrected chi connectivity index (χ3v) is 2.71. The van der Waals surface area contributed by atoms with E-state index in [0.29, 0.717) is 5.41 Å². The summed E-state index contributed by atoms with van der Waals surface area (Å²) >= 11 is 0. The molecule has 0 spiro atoms. The number of hydrogen-bond donors (Lipinski definition) is 0. The van der Waals surface area contributed by atoms with Crippen LogP contribution in [0.4, 0.5) is 0 Å². The first-order chi connectivity index (χ1) is 6.68. The topological polar surface area (TPSA) is 0 Å². The lowest BCUT2D eigenvalue weighted by atomic mass is 9.79. The molecule has 0 radical (unpaired) electrons. The molecule has 0 aromatic rings. The molecule has 0 rings (SSSR count). The third-order valence-electron chi connectivity index (χ3n) is 2.71. The van der Waals surface area contributed by atoms with Gasteiger partial charge in [-0.25, -0.2) is 0 Å². The van der Waals surface area contributed by atoms with Gasteiger partial charge in [0.25, 0.3) is 0 Å². The molecule has 0 unspecified atom stereocenters. The van der Waals surface area contributed by atoms with Gasteiger partial charge in [-0.2, -0.15) is 0 Å². The molecular formula is C14H24. The van der Waals surface area contributed by atoms with Crippen LogP contribution in [0.1, 0.15) is 45.4 Å². The molecule has 14 heavy (non-hydrogen) atoms. The second-order valence-corrected chi connectivity index (χ2v) is 4.33. The van der Waals surface area contributed by atoms with Crippen molar-refractivity contribution >= 4 is 0 Å². The summed E-state index contributed by atoms with van der Waals surface area (Å²) < 4.78 is 0. The van der Waals surface area contributed by atoms with Gasteiger partial charge in [-0.1, -0.05) is 31.6 Å². The highest BCUT2D eigenvalue weighted by Gasteiger charge is 2.19. The lowest BCUT2D eigenvalue weighted by molar-refractivity contribution is 0.293. The van der Waals surface area contributed by atoms with E-state index in [0.717, 1.165) is 19.3 Å². The van der Waals surface area contributed by atoms with Crippen molar-refractivity contribution in [1.29, 1.82) is 0 Å². The van der Waals surface area contributed by atoms with Crippen molar-refractivity contribution in [2.45, 2.75) is 45.4 Å². The molecular weight excluding hydrogens is 168 g/mol. The smallest absolute Gasteiger partial charge is 0.0257 e. The summed E-state index contributed by atoms with van der Waals surface area (Å²) in [5.41, 5.74) is 0.380. The Balaban J connectivity index is 3.87. The maximum atomic E-state index is 3.82. The quantitative estimate of drug-likeness (QED) is 0.360. The summed E-state index contributed by atoms with van der Waals surface area (Å²) in [5, 5.41) is 0. The molecule has 0 fully saturated rings. The Morgan fingerprint density at radius 1 is 0.929 bits per heavy atom. The first kappa shape index (κ1) is 13.2. The maximum Gasteiger partial charge on any atom is -0.0257 e. The van der Waals surface area contributed by atoms with Gasteiger partial charge in [-0.15, -0.1) is 19.7 Å². The summed E-state index contributed by atoms with van der Waals surface area (Å²) in [6.07, 6.45) is 13.2. The fourth-order valence-electron chi connectivity index (χ4n) is 1.82. The normalized spacial score (nSPS) is 10.9. The van der Waals surface area contributed by atoms with Crippen LogP contribution in [-0.2, 0) is 0 Å². The van der Waals surface area contributed by atoms with E-state index in [1.165, 1.54) is 19.3 Å². The highest BCUT2D eigenvalue weighted by Crippen LogP contribution is 2.33. The van der Waals surface area contributed by atoms with Crippen LogP contribution in [0, 0.1) is 5.41 Å². The van der Waals surface area contributed by atoms with E-state index in [2.05, 4.69) is 26.7 Å². The minimum atomic E-state index is 0.380. The summed E-state index contributed by atoms with van der Waals surface area (Å²) in [4.78, 5) is 0. The van der Waals surface area contributed by atoms with Crippen LogP contribution < -0.4 is 0 Å². The standard InChI is InChI=1S/C14H24/c1-5-8-9-10-13-14(4,11-6-2)12-7-3/h5-7H,1-3,8-13H2,4H3. The van der Waals surface area contributed by atoms with Crippen molar-refractivity contribution in [2.75, 3.05) is 0 Å². The van der Waals surface area contributed by atoms with E-state index in [1.54, 1.807) is 0 Å². The van der Waals surface area contributed by atoms with Crippen molar-refractivity contribution in [3.63, 3.8) is 0 Å². The van der Waals surface area contributed by atoms with Gasteiger partial charge in [0.1, 0.15) is 0 Å². The zero-order chi connectivity index (χ0) is 10.9. The molecule has 0 aliphatic heterocycles. The van der Waals surface area contributed by atoms with Crippen LogP contribution >= 0.6 is 0 Å². The molecule has 0 heteroatoms. The van der Waals surface area contributed by atoms with E-state index in [9.17, 15) is 0 Å². The second kappa shape index (κ2) is 7.61. The fraction of sp³-hybridized carbons (Fsp3) is 0.571. The Morgan fingerprint density at radius 2 is 1.50 bits per heavy atom. The molecule has 0 aromatic carbocycles. The third kappa shape index (κ3) is 5.80. The average molecular weight is 192 g/mol. The molecule has 0 aliphatic rings. The van der Waals surface area contributed by atoms with E-state index < -0.39 is 0 Å². The maximum absolute atomic E-state index is 3.82. The van der Waals surface area contributed by atoms with Gasteiger partial charge in [0.2, 0.25) is 0 Å². The lowest BCUT2D eigenvalue weighted by Gasteiger charge is -2.27. The van der Waals surface area contributed by atoms with Crippen LogP contribution in [-0.4, -0.2) is 0 Å². The zero-order valence-electron chi connectivity index (χ0n) is 9.60. The van der Waals surface area contributed by atoms with Crippen molar-refractivity contribution in [2.24, 2.45) is 5.41 Å². The molecule has 0 amide bonds. The SMILES string of the molecule is C=CCCCCC(C)(CC=C)CC=C. The van der Waals surface area contributed by atoms with E-state index >= 15 is 0 Å². The van der Waals surface area contributed by atoms with Crippen molar-refractivity contribution in [3.8, 4) is 0 Å². The van der Waals surface area contributed by atoms with Crippen molar-refractivity contribution in [3.05, 3.63) is 38.0 Å². The monoisotopic (exact) mass is 192 g/mol. The minimum Gasteiger partial charge on any atom is -0.103 e.